The van der Waals surface area contributed by atoms with Crippen LogP contribution >= 0.6 is 27.7 Å². The Morgan fingerprint density at radius 2 is 2.06 bits per heavy atom. The zero-order valence-electron chi connectivity index (χ0n) is 9.01. The Balaban J connectivity index is 2.18. The van der Waals surface area contributed by atoms with Gasteiger partial charge in [0.25, 0.3) is 0 Å². The Kier molecular flexibility index (Phi) is 4.27. The van der Waals surface area contributed by atoms with Gasteiger partial charge in [0.1, 0.15) is 0 Å². The molecule has 0 aliphatic heterocycles. The predicted molar refractivity (Wildman–Crippen MR) is 70.1 cm³/mol. The Bertz CT molecular complexity index is 378. The summed E-state index contributed by atoms with van der Waals surface area (Å²) >= 11 is 4.94. The van der Waals surface area contributed by atoms with Crippen LogP contribution in [0.1, 0.15) is 31.2 Å². The van der Waals surface area contributed by atoms with Gasteiger partial charge < -0.3 is 5.73 Å². The first-order chi connectivity index (χ1) is 7.72. The normalized spacial score (nSPS) is 16.9. The molecule has 1 aliphatic carbocycles. The Labute approximate surface area is 108 Å². The number of halogens is 2. The van der Waals surface area contributed by atoms with E-state index in [1.165, 1.54) is 25.7 Å². The van der Waals surface area contributed by atoms with Crippen LogP contribution in [0.25, 0.3) is 0 Å². The minimum atomic E-state index is -0.153. The summed E-state index contributed by atoms with van der Waals surface area (Å²) in [5.41, 5.74) is 6.36. The third-order valence-electron chi connectivity index (χ3n) is 2.94. The van der Waals surface area contributed by atoms with Crippen LogP contribution < -0.4 is 5.73 Å². The number of hydrogen-bond acceptors (Lipinski definition) is 2. The molecular weight excluding hydrogens is 289 g/mol. The van der Waals surface area contributed by atoms with Crippen LogP contribution in [-0.4, -0.2) is 5.25 Å². The molecule has 0 aromatic heterocycles. The quantitative estimate of drug-likeness (QED) is 0.910. The lowest BCUT2D eigenvalue weighted by atomic mass is 10.2. The van der Waals surface area contributed by atoms with Crippen LogP contribution in [0, 0.1) is 5.82 Å². The Morgan fingerprint density at radius 1 is 1.38 bits per heavy atom. The minimum Gasteiger partial charge on any atom is -0.326 e. The lowest BCUT2D eigenvalue weighted by molar-refractivity contribution is 0.591. The molecule has 4 heteroatoms. The molecule has 0 radical (unpaired) electrons. The molecule has 0 unspecified atom stereocenters. The molecule has 2 N–H and O–H groups in total. The maximum atomic E-state index is 14.0. The zero-order valence-corrected chi connectivity index (χ0v) is 11.4. The molecule has 0 atom stereocenters. The van der Waals surface area contributed by atoms with Crippen molar-refractivity contribution in [3.8, 4) is 0 Å². The lowest BCUT2D eigenvalue weighted by Gasteiger charge is -2.12. The van der Waals surface area contributed by atoms with Gasteiger partial charge in [-0.1, -0.05) is 18.9 Å². The summed E-state index contributed by atoms with van der Waals surface area (Å²) in [6.07, 6.45) is 4.98. The summed E-state index contributed by atoms with van der Waals surface area (Å²) in [6.45, 7) is 0.367. The van der Waals surface area contributed by atoms with Gasteiger partial charge in [0, 0.05) is 16.7 Å². The van der Waals surface area contributed by atoms with E-state index in [-0.39, 0.29) is 5.82 Å². The highest BCUT2D eigenvalue weighted by molar-refractivity contribution is 9.10. The largest absolute Gasteiger partial charge is 0.326 e. The molecule has 88 valence electrons. The molecule has 1 aromatic rings. The third kappa shape index (κ3) is 2.60. The molecule has 1 aromatic carbocycles. The van der Waals surface area contributed by atoms with Gasteiger partial charge in [0.15, 0.2) is 5.82 Å². The van der Waals surface area contributed by atoms with Crippen molar-refractivity contribution in [2.45, 2.75) is 42.4 Å². The first-order valence-corrected chi connectivity index (χ1v) is 7.23. The molecule has 1 aliphatic rings. The van der Waals surface area contributed by atoms with Crippen molar-refractivity contribution in [1.29, 1.82) is 0 Å². The number of nitrogens with two attached hydrogens (primary N) is 1. The monoisotopic (exact) mass is 303 g/mol. The zero-order chi connectivity index (χ0) is 11.5. The topological polar surface area (TPSA) is 26.0 Å². The van der Waals surface area contributed by atoms with Crippen molar-refractivity contribution in [3.05, 3.63) is 28.0 Å². The Hall–Kier alpha value is -0.0600. The van der Waals surface area contributed by atoms with Crippen molar-refractivity contribution in [2.24, 2.45) is 5.73 Å². The highest BCUT2D eigenvalue weighted by atomic mass is 79.9. The van der Waals surface area contributed by atoms with Crippen LogP contribution in [0.3, 0.4) is 0 Å². The fourth-order valence-electron chi connectivity index (χ4n) is 2.01. The van der Waals surface area contributed by atoms with E-state index in [0.717, 1.165) is 10.5 Å². The molecule has 0 spiro atoms. The average Bonchev–Trinajstić information content (AvgIpc) is 2.78. The fraction of sp³-hybridized carbons (Fsp3) is 0.500. The molecule has 0 saturated heterocycles. The smallest absolute Gasteiger partial charge is 0.151 e. The molecule has 1 nitrogen and oxygen atoms in total. The molecule has 1 saturated carbocycles. The van der Waals surface area contributed by atoms with E-state index >= 15 is 0 Å². The van der Waals surface area contributed by atoms with Gasteiger partial charge in [-0.05, 0) is 40.4 Å². The molecule has 0 amide bonds. The summed E-state index contributed by atoms with van der Waals surface area (Å²) in [7, 11) is 0. The minimum absolute atomic E-state index is 0.153. The first-order valence-electron chi connectivity index (χ1n) is 5.56. The summed E-state index contributed by atoms with van der Waals surface area (Å²) in [5.74, 6) is -0.153. The summed E-state index contributed by atoms with van der Waals surface area (Å²) in [5, 5.41) is 0.588. The van der Waals surface area contributed by atoms with Gasteiger partial charge in [-0.2, -0.15) is 0 Å². The number of rotatable bonds is 3. The van der Waals surface area contributed by atoms with E-state index in [0.29, 0.717) is 16.3 Å². The maximum Gasteiger partial charge on any atom is 0.151 e. The van der Waals surface area contributed by atoms with E-state index in [1.807, 2.05) is 12.1 Å². The second-order valence-corrected chi connectivity index (χ2v) is 6.21. The molecule has 1 fully saturated rings. The number of benzene rings is 1. The van der Waals surface area contributed by atoms with Crippen LogP contribution in [-0.2, 0) is 6.54 Å². The summed E-state index contributed by atoms with van der Waals surface area (Å²) in [4.78, 5) is 0.746. The lowest BCUT2D eigenvalue weighted by Crippen LogP contribution is -2.01. The first kappa shape index (κ1) is 12.4. The maximum absolute atomic E-state index is 14.0. The van der Waals surface area contributed by atoms with Crippen molar-refractivity contribution in [2.75, 3.05) is 0 Å². The second kappa shape index (κ2) is 5.52. The van der Waals surface area contributed by atoms with E-state index in [2.05, 4.69) is 15.9 Å². The van der Waals surface area contributed by atoms with Crippen LogP contribution in [0.15, 0.2) is 21.5 Å². The fourth-order valence-corrected chi connectivity index (χ4v) is 3.93. The number of hydrogen-bond donors (Lipinski definition) is 1. The average molecular weight is 304 g/mol. The Morgan fingerprint density at radius 3 is 2.69 bits per heavy atom. The molecule has 0 bridgehead atoms. The van der Waals surface area contributed by atoms with Gasteiger partial charge in [0.2, 0.25) is 0 Å². The molecule has 16 heavy (non-hydrogen) atoms. The van der Waals surface area contributed by atoms with E-state index in [4.69, 9.17) is 5.73 Å². The highest BCUT2D eigenvalue weighted by Gasteiger charge is 2.19. The summed E-state index contributed by atoms with van der Waals surface area (Å²) in [6, 6.07) is 3.76. The van der Waals surface area contributed by atoms with Gasteiger partial charge in [-0.25, -0.2) is 4.39 Å². The SMILES string of the molecule is NCc1ccc(SC2CCCC2)c(F)c1Br. The molecule has 0 heterocycles. The van der Waals surface area contributed by atoms with E-state index < -0.39 is 0 Å². The second-order valence-electron chi connectivity index (χ2n) is 4.08. The standard InChI is InChI=1S/C12H15BrFNS/c13-11-8(7-15)5-6-10(12(11)14)16-9-3-1-2-4-9/h5-6,9H,1-4,7,15H2. The van der Waals surface area contributed by atoms with Gasteiger partial charge in [0.05, 0.1) is 4.47 Å². The summed E-state index contributed by atoms with van der Waals surface area (Å²) < 4.78 is 14.5. The van der Waals surface area contributed by atoms with Crippen molar-refractivity contribution < 1.29 is 4.39 Å². The van der Waals surface area contributed by atoms with Crippen LogP contribution in [0.2, 0.25) is 0 Å². The highest BCUT2D eigenvalue weighted by Crippen LogP contribution is 2.38. The predicted octanol–water partition coefficient (Wildman–Crippen LogP) is 4.08. The molecular formula is C12H15BrFNS. The van der Waals surface area contributed by atoms with Crippen molar-refractivity contribution >= 4 is 27.7 Å². The third-order valence-corrected chi connectivity index (χ3v) is 5.17. The van der Waals surface area contributed by atoms with Crippen LogP contribution in [0.5, 0.6) is 0 Å². The van der Waals surface area contributed by atoms with Crippen molar-refractivity contribution in [1.82, 2.24) is 0 Å². The van der Waals surface area contributed by atoms with Crippen molar-refractivity contribution in [3.63, 3.8) is 0 Å². The van der Waals surface area contributed by atoms with E-state index in [9.17, 15) is 4.39 Å². The van der Waals surface area contributed by atoms with Gasteiger partial charge >= 0.3 is 0 Å². The van der Waals surface area contributed by atoms with E-state index in [1.54, 1.807) is 11.8 Å². The van der Waals surface area contributed by atoms with Crippen LogP contribution in [0.4, 0.5) is 4.39 Å². The number of thioether (sulfide) groups is 1. The van der Waals surface area contributed by atoms with Gasteiger partial charge in [-0.15, -0.1) is 11.8 Å². The molecule has 2 rings (SSSR count). The van der Waals surface area contributed by atoms with Gasteiger partial charge in [-0.3, -0.25) is 0 Å².